The molecule has 1 fully saturated rings. The molecule has 0 radical (unpaired) electrons. The van der Waals surface area contributed by atoms with E-state index in [1.54, 1.807) is 13.0 Å². The maximum absolute atomic E-state index is 11.9. The summed E-state index contributed by atoms with van der Waals surface area (Å²) < 4.78 is 0. The Morgan fingerprint density at radius 3 is 2.90 bits per heavy atom. The van der Waals surface area contributed by atoms with Crippen molar-refractivity contribution in [3.05, 3.63) is 17.5 Å². The van der Waals surface area contributed by atoms with Crippen LogP contribution in [0.25, 0.3) is 0 Å². The third-order valence-corrected chi connectivity index (χ3v) is 3.83. The lowest BCUT2D eigenvalue weighted by Gasteiger charge is -2.32. The fourth-order valence-corrected chi connectivity index (χ4v) is 2.64. The Hall–Kier alpha value is -2.02. The van der Waals surface area contributed by atoms with E-state index in [-0.39, 0.29) is 17.4 Å². The van der Waals surface area contributed by atoms with Gasteiger partial charge in [-0.25, -0.2) is 9.59 Å². The molecule has 0 aromatic carbocycles. The molecule has 1 saturated heterocycles. The van der Waals surface area contributed by atoms with Crippen LogP contribution in [0, 0.1) is 6.92 Å². The van der Waals surface area contributed by atoms with Crippen LogP contribution < -0.4 is 10.6 Å². The van der Waals surface area contributed by atoms with Crippen LogP contribution in [-0.2, 0) is 0 Å². The van der Waals surface area contributed by atoms with E-state index in [0.717, 1.165) is 13.0 Å². The Bertz CT molecular complexity index is 526. The normalized spacial score (nSPS) is 19.2. The van der Waals surface area contributed by atoms with Crippen molar-refractivity contribution in [3.63, 3.8) is 0 Å². The number of aromatic carboxylic acids is 1. The lowest BCUT2D eigenvalue weighted by Crippen LogP contribution is -2.45. The molecular formula is C14H22N4O3. The van der Waals surface area contributed by atoms with E-state index in [9.17, 15) is 9.59 Å². The van der Waals surface area contributed by atoms with E-state index >= 15 is 0 Å². The van der Waals surface area contributed by atoms with Gasteiger partial charge in [-0.05, 0) is 39.4 Å². The monoisotopic (exact) mass is 294 g/mol. The number of aryl methyl sites for hydroxylation is 1. The van der Waals surface area contributed by atoms with Gasteiger partial charge >= 0.3 is 12.0 Å². The number of likely N-dealkylation sites (tertiary alicyclic amines) is 1. The number of aromatic nitrogens is 1. The van der Waals surface area contributed by atoms with Gasteiger partial charge in [0.1, 0.15) is 5.69 Å². The van der Waals surface area contributed by atoms with E-state index in [1.165, 1.54) is 12.8 Å². The van der Waals surface area contributed by atoms with Crippen LogP contribution in [0.3, 0.4) is 0 Å². The van der Waals surface area contributed by atoms with Crippen LogP contribution in [0.15, 0.2) is 6.07 Å². The second-order valence-corrected chi connectivity index (χ2v) is 5.51. The average Bonchev–Trinajstić information content (AvgIpc) is 2.79. The number of carboxylic acids is 1. The van der Waals surface area contributed by atoms with Crippen molar-refractivity contribution in [2.75, 3.05) is 25.5 Å². The smallest absolute Gasteiger partial charge is 0.354 e. The van der Waals surface area contributed by atoms with Crippen LogP contribution in [0.2, 0.25) is 0 Å². The van der Waals surface area contributed by atoms with Gasteiger partial charge in [-0.3, -0.25) is 0 Å². The first-order valence-corrected chi connectivity index (χ1v) is 7.15. The summed E-state index contributed by atoms with van der Waals surface area (Å²) in [6.07, 6.45) is 3.45. The van der Waals surface area contributed by atoms with Crippen molar-refractivity contribution >= 4 is 17.7 Å². The molecular weight excluding hydrogens is 272 g/mol. The van der Waals surface area contributed by atoms with Gasteiger partial charge in [-0.2, -0.15) is 0 Å². The number of amides is 2. The van der Waals surface area contributed by atoms with Crippen LogP contribution in [0.4, 0.5) is 10.5 Å². The van der Waals surface area contributed by atoms with Gasteiger partial charge < -0.3 is 25.6 Å². The Balaban J connectivity index is 1.88. The van der Waals surface area contributed by atoms with E-state index in [2.05, 4.69) is 27.6 Å². The lowest BCUT2D eigenvalue weighted by molar-refractivity contribution is 0.0692. The van der Waals surface area contributed by atoms with Crippen molar-refractivity contribution in [1.29, 1.82) is 0 Å². The zero-order valence-electron chi connectivity index (χ0n) is 12.4. The molecule has 1 aromatic rings. The number of H-pyrrole nitrogens is 1. The van der Waals surface area contributed by atoms with Crippen LogP contribution in [0.1, 0.15) is 35.4 Å². The number of likely N-dealkylation sites (N-methyl/N-ethyl adjacent to an activating group) is 1. The zero-order chi connectivity index (χ0) is 15.4. The number of carboxylic acid groups (broad SMARTS) is 1. The van der Waals surface area contributed by atoms with Crippen molar-refractivity contribution in [1.82, 2.24) is 15.2 Å². The number of nitrogens with zero attached hydrogens (tertiary/aromatic N) is 1. The summed E-state index contributed by atoms with van der Waals surface area (Å²) in [5.41, 5.74) is 0.974. The number of piperidine rings is 1. The second-order valence-electron chi connectivity index (χ2n) is 5.51. The van der Waals surface area contributed by atoms with E-state index in [1.807, 2.05) is 0 Å². The standard InChI is InChI=1S/C14H22N4O3/c1-9-7-11(12(16-9)13(19)20)17-14(21)15-8-10-5-3-4-6-18(10)2/h7,10,16H,3-6,8H2,1-2H3,(H,19,20)(H2,15,17,21). The summed E-state index contributed by atoms with van der Waals surface area (Å²) >= 11 is 0. The maximum atomic E-state index is 11.9. The van der Waals surface area contributed by atoms with Gasteiger partial charge in [-0.15, -0.1) is 0 Å². The molecule has 1 aliphatic heterocycles. The summed E-state index contributed by atoms with van der Waals surface area (Å²) in [5.74, 6) is -1.09. The minimum Gasteiger partial charge on any atom is -0.477 e. The van der Waals surface area contributed by atoms with Crippen molar-refractivity contribution in [3.8, 4) is 0 Å². The van der Waals surface area contributed by atoms with Gasteiger partial charge in [0, 0.05) is 18.3 Å². The number of carbonyl (C=O) groups excluding carboxylic acids is 1. The highest BCUT2D eigenvalue weighted by Crippen LogP contribution is 2.17. The first kappa shape index (κ1) is 15.4. The third-order valence-electron chi connectivity index (χ3n) is 3.83. The number of aromatic amines is 1. The minimum absolute atomic E-state index is 0.00238. The van der Waals surface area contributed by atoms with Crippen molar-refractivity contribution in [2.45, 2.75) is 32.2 Å². The van der Waals surface area contributed by atoms with Crippen molar-refractivity contribution < 1.29 is 14.7 Å². The molecule has 2 rings (SSSR count). The second kappa shape index (κ2) is 6.62. The number of anilines is 1. The molecule has 1 unspecified atom stereocenters. The summed E-state index contributed by atoms with van der Waals surface area (Å²) in [4.78, 5) is 27.9. The number of carbonyl (C=O) groups is 2. The van der Waals surface area contributed by atoms with Crippen molar-refractivity contribution in [2.24, 2.45) is 0 Å². The predicted octanol–water partition coefficient (Wildman–Crippen LogP) is 1.63. The minimum atomic E-state index is -1.09. The Morgan fingerprint density at radius 1 is 1.48 bits per heavy atom. The van der Waals surface area contributed by atoms with Gasteiger partial charge in [0.05, 0.1) is 5.69 Å². The molecule has 2 heterocycles. The lowest BCUT2D eigenvalue weighted by atomic mass is 10.0. The number of urea groups is 1. The van der Waals surface area contributed by atoms with E-state index in [4.69, 9.17) is 5.11 Å². The number of hydrogen-bond acceptors (Lipinski definition) is 3. The molecule has 116 valence electrons. The Kier molecular flexibility index (Phi) is 4.85. The molecule has 1 aromatic heterocycles. The van der Waals surface area contributed by atoms with Gasteiger partial charge in [-0.1, -0.05) is 6.42 Å². The van der Waals surface area contributed by atoms with E-state index in [0.29, 0.717) is 18.3 Å². The average molecular weight is 294 g/mol. The molecule has 0 spiro atoms. The highest BCUT2D eigenvalue weighted by molar-refractivity contribution is 5.99. The number of rotatable bonds is 4. The summed E-state index contributed by atoms with van der Waals surface area (Å²) in [6, 6.07) is 1.57. The number of hydrogen-bond donors (Lipinski definition) is 4. The molecule has 1 aliphatic rings. The highest BCUT2D eigenvalue weighted by atomic mass is 16.4. The summed E-state index contributed by atoms with van der Waals surface area (Å²) in [7, 11) is 2.06. The molecule has 1 atom stereocenters. The van der Waals surface area contributed by atoms with Gasteiger partial charge in [0.25, 0.3) is 0 Å². The SMILES string of the molecule is Cc1cc(NC(=O)NCC2CCCCN2C)c(C(=O)O)[nH]1. The highest BCUT2D eigenvalue weighted by Gasteiger charge is 2.20. The summed E-state index contributed by atoms with van der Waals surface area (Å²) in [6.45, 7) is 3.36. The van der Waals surface area contributed by atoms with Crippen LogP contribution in [0.5, 0.6) is 0 Å². The predicted molar refractivity (Wildman–Crippen MR) is 79.8 cm³/mol. The van der Waals surface area contributed by atoms with Gasteiger partial charge in [0.2, 0.25) is 0 Å². The molecule has 7 nitrogen and oxygen atoms in total. The fourth-order valence-electron chi connectivity index (χ4n) is 2.64. The van der Waals surface area contributed by atoms with Crippen LogP contribution >= 0.6 is 0 Å². The number of nitrogens with one attached hydrogen (secondary N) is 3. The molecule has 7 heteroatoms. The zero-order valence-corrected chi connectivity index (χ0v) is 12.4. The largest absolute Gasteiger partial charge is 0.477 e. The topological polar surface area (TPSA) is 97.5 Å². The van der Waals surface area contributed by atoms with Gasteiger partial charge in [0.15, 0.2) is 0 Å². The third kappa shape index (κ3) is 3.98. The molecule has 21 heavy (non-hydrogen) atoms. The Labute approximate surface area is 123 Å². The molecule has 4 N–H and O–H groups in total. The molecule has 2 amide bonds. The maximum Gasteiger partial charge on any atom is 0.354 e. The fraction of sp³-hybridized carbons (Fsp3) is 0.571. The summed E-state index contributed by atoms with van der Waals surface area (Å²) in [5, 5.41) is 14.4. The molecule has 0 saturated carbocycles. The van der Waals surface area contributed by atoms with E-state index < -0.39 is 5.97 Å². The quantitative estimate of drug-likeness (QED) is 0.678. The van der Waals surface area contributed by atoms with Crippen LogP contribution in [-0.4, -0.2) is 53.2 Å². The molecule has 0 bridgehead atoms. The Morgan fingerprint density at radius 2 is 2.24 bits per heavy atom. The molecule has 0 aliphatic carbocycles. The first-order valence-electron chi connectivity index (χ1n) is 7.15. The first-order chi connectivity index (χ1) is 9.97.